The van der Waals surface area contributed by atoms with Crippen LogP contribution in [-0.2, 0) is 0 Å². The number of piperidine rings is 2. The van der Waals surface area contributed by atoms with Crippen LogP contribution in [0.3, 0.4) is 0 Å². The molecule has 0 aromatic rings. The third-order valence-corrected chi connectivity index (χ3v) is 5.22. The van der Waals surface area contributed by atoms with Crippen LogP contribution in [0.1, 0.15) is 58.8 Å². The summed E-state index contributed by atoms with van der Waals surface area (Å²) in [5.41, 5.74) is 0. The fourth-order valence-corrected chi connectivity index (χ4v) is 3.59. The molecule has 1 atom stereocenters. The molecule has 3 heteroatoms. The molecule has 0 aromatic heterocycles. The van der Waals surface area contributed by atoms with E-state index in [2.05, 4.69) is 29.0 Å². The third-order valence-electron chi connectivity index (χ3n) is 5.22. The Morgan fingerprint density at radius 2 is 1.75 bits per heavy atom. The molecule has 2 aliphatic rings. The molecule has 118 valence electrons. The molecular formula is C17H35N3. The first kappa shape index (κ1) is 16.3. The Morgan fingerprint density at radius 1 is 1.05 bits per heavy atom. The van der Waals surface area contributed by atoms with Crippen molar-refractivity contribution in [2.24, 2.45) is 0 Å². The van der Waals surface area contributed by atoms with E-state index >= 15 is 0 Å². The standard InChI is InChI=1S/C17H35N3/c1-3-16(2)18-10-7-11-19-14-8-17(9-15-19)20-12-5-4-6-13-20/h16-18H,3-15H2,1-2H3. The van der Waals surface area contributed by atoms with Gasteiger partial charge >= 0.3 is 0 Å². The molecule has 0 radical (unpaired) electrons. The second kappa shape index (κ2) is 9.01. The first-order valence-electron chi connectivity index (χ1n) is 8.99. The van der Waals surface area contributed by atoms with Crippen LogP contribution in [0.4, 0.5) is 0 Å². The SMILES string of the molecule is CCC(C)NCCCN1CCC(N2CCCCC2)CC1. The predicted molar refractivity (Wildman–Crippen MR) is 87.3 cm³/mol. The van der Waals surface area contributed by atoms with Crippen LogP contribution in [0.5, 0.6) is 0 Å². The van der Waals surface area contributed by atoms with Gasteiger partial charge in [-0.25, -0.2) is 0 Å². The molecule has 0 saturated carbocycles. The Morgan fingerprint density at radius 3 is 2.40 bits per heavy atom. The molecule has 2 saturated heterocycles. The highest BCUT2D eigenvalue weighted by atomic mass is 15.2. The first-order valence-corrected chi connectivity index (χ1v) is 8.99. The minimum atomic E-state index is 0.680. The zero-order valence-electron chi connectivity index (χ0n) is 13.7. The largest absolute Gasteiger partial charge is 0.314 e. The van der Waals surface area contributed by atoms with E-state index < -0.39 is 0 Å². The number of hydrogen-bond donors (Lipinski definition) is 1. The number of nitrogens with one attached hydrogen (secondary N) is 1. The van der Waals surface area contributed by atoms with Gasteiger partial charge in [-0.15, -0.1) is 0 Å². The van der Waals surface area contributed by atoms with Gasteiger partial charge in [0.25, 0.3) is 0 Å². The van der Waals surface area contributed by atoms with Crippen molar-refractivity contribution in [3.05, 3.63) is 0 Å². The molecule has 2 rings (SSSR count). The van der Waals surface area contributed by atoms with Gasteiger partial charge in [0.05, 0.1) is 0 Å². The number of hydrogen-bond acceptors (Lipinski definition) is 3. The highest BCUT2D eigenvalue weighted by molar-refractivity contribution is 4.81. The first-order chi connectivity index (χ1) is 9.79. The van der Waals surface area contributed by atoms with Crippen molar-refractivity contribution in [1.82, 2.24) is 15.1 Å². The van der Waals surface area contributed by atoms with Gasteiger partial charge in [-0.05, 0) is 84.7 Å². The van der Waals surface area contributed by atoms with Gasteiger partial charge in [-0.3, -0.25) is 0 Å². The average molecular weight is 281 g/mol. The zero-order valence-corrected chi connectivity index (χ0v) is 13.7. The molecule has 0 aromatic carbocycles. The summed E-state index contributed by atoms with van der Waals surface area (Å²) in [6.45, 7) is 12.4. The van der Waals surface area contributed by atoms with Gasteiger partial charge in [-0.2, -0.15) is 0 Å². The summed E-state index contributed by atoms with van der Waals surface area (Å²) in [7, 11) is 0. The number of likely N-dealkylation sites (tertiary alicyclic amines) is 2. The normalized spacial score (nSPS) is 24.9. The van der Waals surface area contributed by atoms with Crippen molar-refractivity contribution in [2.75, 3.05) is 39.3 Å². The highest BCUT2D eigenvalue weighted by Crippen LogP contribution is 2.20. The topological polar surface area (TPSA) is 18.5 Å². The van der Waals surface area contributed by atoms with Crippen molar-refractivity contribution in [3.8, 4) is 0 Å². The van der Waals surface area contributed by atoms with Crippen LogP contribution in [0.2, 0.25) is 0 Å². The van der Waals surface area contributed by atoms with Crippen LogP contribution in [0.25, 0.3) is 0 Å². The van der Waals surface area contributed by atoms with E-state index in [4.69, 9.17) is 0 Å². The van der Waals surface area contributed by atoms with Crippen molar-refractivity contribution < 1.29 is 0 Å². The minimum absolute atomic E-state index is 0.680. The Kier molecular flexibility index (Phi) is 7.32. The van der Waals surface area contributed by atoms with Crippen LogP contribution < -0.4 is 5.32 Å². The van der Waals surface area contributed by atoms with E-state index in [0.29, 0.717) is 6.04 Å². The smallest absolute Gasteiger partial charge is 0.0120 e. The Labute approximate surface area is 126 Å². The molecule has 1 N–H and O–H groups in total. The highest BCUT2D eigenvalue weighted by Gasteiger charge is 2.25. The summed E-state index contributed by atoms with van der Waals surface area (Å²) in [5, 5.41) is 3.60. The number of rotatable bonds is 7. The lowest BCUT2D eigenvalue weighted by Crippen LogP contribution is -2.47. The molecule has 2 aliphatic heterocycles. The summed E-state index contributed by atoms with van der Waals surface area (Å²) in [6.07, 6.45) is 9.67. The second-order valence-corrected chi connectivity index (χ2v) is 6.79. The molecule has 20 heavy (non-hydrogen) atoms. The van der Waals surface area contributed by atoms with Gasteiger partial charge in [0.2, 0.25) is 0 Å². The van der Waals surface area contributed by atoms with E-state index in [1.165, 1.54) is 84.2 Å². The predicted octanol–water partition coefficient (Wildman–Crippen LogP) is 2.71. The average Bonchev–Trinajstić information content (AvgIpc) is 2.52. The summed E-state index contributed by atoms with van der Waals surface area (Å²) < 4.78 is 0. The molecular weight excluding hydrogens is 246 g/mol. The Balaban J connectivity index is 1.55. The third kappa shape index (κ3) is 5.34. The van der Waals surface area contributed by atoms with Crippen molar-refractivity contribution in [1.29, 1.82) is 0 Å². The summed E-state index contributed by atoms with van der Waals surface area (Å²) in [5.74, 6) is 0. The minimum Gasteiger partial charge on any atom is -0.314 e. The van der Waals surface area contributed by atoms with E-state index in [1.54, 1.807) is 0 Å². The maximum Gasteiger partial charge on any atom is 0.0120 e. The monoisotopic (exact) mass is 281 g/mol. The van der Waals surface area contributed by atoms with Gasteiger partial charge in [0.15, 0.2) is 0 Å². The van der Waals surface area contributed by atoms with Gasteiger partial charge in [0, 0.05) is 12.1 Å². The van der Waals surface area contributed by atoms with Crippen LogP contribution in [-0.4, -0.2) is 61.2 Å². The van der Waals surface area contributed by atoms with E-state index in [1.807, 2.05) is 0 Å². The van der Waals surface area contributed by atoms with E-state index in [9.17, 15) is 0 Å². The molecule has 3 nitrogen and oxygen atoms in total. The van der Waals surface area contributed by atoms with Crippen LogP contribution in [0.15, 0.2) is 0 Å². The van der Waals surface area contributed by atoms with E-state index in [0.717, 1.165) is 6.04 Å². The van der Waals surface area contributed by atoms with Gasteiger partial charge < -0.3 is 15.1 Å². The lowest BCUT2D eigenvalue weighted by atomic mass is 10.00. The summed E-state index contributed by atoms with van der Waals surface area (Å²) in [6, 6.07) is 1.57. The fraction of sp³-hybridized carbons (Fsp3) is 1.00. The molecule has 2 heterocycles. The molecule has 2 fully saturated rings. The maximum absolute atomic E-state index is 3.60. The Hall–Kier alpha value is -0.120. The van der Waals surface area contributed by atoms with Crippen LogP contribution in [0, 0.1) is 0 Å². The van der Waals surface area contributed by atoms with Crippen molar-refractivity contribution in [3.63, 3.8) is 0 Å². The van der Waals surface area contributed by atoms with Crippen LogP contribution >= 0.6 is 0 Å². The summed E-state index contributed by atoms with van der Waals surface area (Å²) in [4.78, 5) is 5.45. The Bertz CT molecular complexity index is 243. The molecule has 0 bridgehead atoms. The zero-order chi connectivity index (χ0) is 14.2. The fourth-order valence-electron chi connectivity index (χ4n) is 3.59. The van der Waals surface area contributed by atoms with Crippen molar-refractivity contribution >= 4 is 0 Å². The second-order valence-electron chi connectivity index (χ2n) is 6.79. The molecule has 0 spiro atoms. The van der Waals surface area contributed by atoms with Crippen molar-refractivity contribution in [2.45, 2.75) is 70.9 Å². The molecule has 1 unspecified atom stereocenters. The number of nitrogens with zero attached hydrogens (tertiary/aromatic N) is 2. The van der Waals surface area contributed by atoms with Gasteiger partial charge in [0.1, 0.15) is 0 Å². The maximum atomic E-state index is 3.60. The molecule has 0 aliphatic carbocycles. The molecule has 0 amide bonds. The lowest BCUT2D eigenvalue weighted by Gasteiger charge is -2.40. The van der Waals surface area contributed by atoms with Gasteiger partial charge in [-0.1, -0.05) is 13.3 Å². The quantitative estimate of drug-likeness (QED) is 0.724. The lowest BCUT2D eigenvalue weighted by molar-refractivity contribution is 0.0920. The van der Waals surface area contributed by atoms with E-state index in [-0.39, 0.29) is 0 Å². The summed E-state index contributed by atoms with van der Waals surface area (Å²) >= 11 is 0.